The SMILES string of the molecule is CCC(=O)CCS(C)(=O)=O. The largest absolute Gasteiger partial charge is 0.300 e. The second-order valence-electron chi connectivity index (χ2n) is 2.27. The van der Waals surface area contributed by atoms with E-state index < -0.39 is 9.84 Å². The van der Waals surface area contributed by atoms with Crippen LogP contribution in [0.15, 0.2) is 0 Å². The Kier molecular flexibility index (Phi) is 3.57. The van der Waals surface area contributed by atoms with Crippen molar-refractivity contribution in [2.75, 3.05) is 12.0 Å². The molecule has 0 spiro atoms. The van der Waals surface area contributed by atoms with E-state index in [-0.39, 0.29) is 18.0 Å². The molecule has 0 aromatic heterocycles. The molecule has 0 rings (SSSR count). The lowest BCUT2D eigenvalue weighted by Gasteiger charge is -1.94. The van der Waals surface area contributed by atoms with Crippen molar-refractivity contribution in [1.82, 2.24) is 0 Å². The van der Waals surface area contributed by atoms with E-state index in [1.54, 1.807) is 6.92 Å². The molecule has 4 heteroatoms. The predicted molar refractivity (Wildman–Crippen MR) is 39.6 cm³/mol. The van der Waals surface area contributed by atoms with Crippen LogP contribution in [0.2, 0.25) is 0 Å². The molecule has 0 unspecified atom stereocenters. The van der Waals surface area contributed by atoms with E-state index in [2.05, 4.69) is 0 Å². The van der Waals surface area contributed by atoms with E-state index in [1.807, 2.05) is 0 Å². The third-order valence-electron chi connectivity index (χ3n) is 1.15. The standard InChI is InChI=1S/C6H12O3S/c1-3-6(7)4-5-10(2,8)9/h3-5H2,1-2H3. The van der Waals surface area contributed by atoms with Gasteiger partial charge in [-0.05, 0) is 0 Å². The second kappa shape index (κ2) is 3.71. The normalized spacial score (nSPS) is 11.4. The Morgan fingerprint density at radius 3 is 2.20 bits per heavy atom. The van der Waals surface area contributed by atoms with Gasteiger partial charge in [0.2, 0.25) is 0 Å². The number of Topliss-reactive ketones (excluding diaryl/α,β-unsaturated/α-hetero) is 1. The van der Waals surface area contributed by atoms with Crippen LogP contribution in [0.5, 0.6) is 0 Å². The molecule has 0 aromatic rings. The molecule has 0 aliphatic heterocycles. The molecule has 0 aliphatic carbocycles. The molecule has 0 radical (unpaired) electrons. The number of carbonyl (C=O) groups is 1. The van der Waals surface area contributed by atoms with Gasteiger partial charge >= 0.3 is 0 Å². The van der Waals surface area contributed by atoms with Crippen LogP contribution in [-0.2, 0) is 14.6 Å². The average Bonchev–Trinajstić information content (AvgIpc) is 1.81. The van der Waals surface area contributed by atoms with Crippen molar-refractivity contribution in [2.24, 2.45) is 0 Å². The maximum absolute atomic E-state index is 10.6. The van der Waals surface area contributed by atoms with Crippen LogP contribution in [0.4, 0.5) is 0 Å². The van der Waals surface area contributed by atoms with Gasteiger partial charge < -0.3 is 0 Å². The van der Waals surface area contributed by atoms with Gasteiger partial charge in [-0.1, -0.05) is 6.92 Å². The molecular weight excluding hydrogens is 152 g/mol. The smallest absolute Gasteiger partial charge is 0.147 e. The lowest BCUT2D eigenvalue weighted by molar-refractivity contribution is -0.118. The highest BCUT2D eigenvalue weighted by Gasteiger charge is 2.05. The van der Waals surface area contributed by atoms with Gasteiger partial charge in [0.05, 0.1) is 5.75 Å². The quantitative estimate of drug-likeness (QED) is 0.604. The minimum atomic E-state index is -2.95. The van der Waals surface area contributed by atoms with Crippen LogP contribution in [0, 0.1) is 0 Å². The van der Waals surface area contributed by atoms with Gasteiger partial charge in [0.1, 0.15) is 15.6 Å². The van der Waals surface area contributed by atoms with Crippen molar-refractivity contribution in [1.29, 1.82) is 0 Å². The lowest BCUT2D eigenvalue weighted by Crippen LogP contribution is -2.08. The molecule has 0 N–H and O–H groups in total. The summed E-state index contributed by atoms with van der Waals surface area (Å²) >= 11 is 0. The summed E-state index contributed by atoms with van der Waals surface area (Å²) in [4.78, 5) is 10.6. The summed E-state index contributed by atoms with van der Waals surface area (Å²) < 4.78 is 21.0. The van der Waals surface area contributed by atoms with Crippen molar-refractivity contribution in [3.05, 3.63) is 0 Å². The van der Waals surface area contributed by atoms with Crippen LogP contribution in [0.1, 0.15) is 19.8 Å². The summed E-state index contributed by atoms with van der Waals surface area (Å²) in [5.41, 5.74) is 0. The lowest BCUT2D eigenvalue weighted by atomic mass is 10.2. The first-order chi connectivity index (χ1) is 4.45. The molecule has 0 aromatic carbocycles. The van der Waals surface area contributed by atoms with Gasteiger partial charge in [-0.15, -0.1) is 0 Å². The van der Waals surface area contributed by atoms with Crippen molar-refractivity contribution < 1.29 is 13.2 Å². The molecule has 0 amide bonds. The molecule has 0 heterocycles. The zero-order chi connectivity index (χ0) is 8.20. The molecule has 0 bridgehead atoms. The summed E-state index contributed by atoms with van der Waals surface area (Å²) in [5, 5.41) is 0. The molecule has 0 fully saturated rings. The van der Waals surface area contributed by atoms with E-state index >= 15 is 0 Å². The van der Waals surface area contributed by atoms with E-state index in [1.165, 1.54) is 0 Å². The third kappa shape index (κ3) is 5.75. The van der Waals surface area contributed by atoms with Gasteiger partial charge in [-0.3, -0.25) is 4.79 Å². The molecule has 0 saturated carbocycles. The highest BCUT2D eigenvalue weighted by Crippen LogP contribution is 1.92. The zero-order valence-corrected chi connectivity index (χ0v) is 7.07. The van der Waals surface area contributed by atoms with Crippen LogP contribution in [0.3, 0.4) is 0 Å². The Bertz CT molecular complexity index is 203. The van der Waals surface area contributed by atoms with Crippen molar-refractivity contribution >= 4 is 15.6 Å². The Balaban J connectivity index is 3.67. The minimum Gasteiger partial charge on any atom is -0.300 e. The first kappa shape index (κ1) is 9.62. The Hall–Kier alpha value is -0.380. The Morgan fingerprint density at radius 2 is 1.90 bits per heavy atom. The summed E-state index contributed by atoms with van der Waals surface area (Å²) in [6.07, 6.45) is 1.72. The highest BCUT2D eigenvalue weighted by atomic mass is 32.2. The predicted octanol–water partition coefficient (Wildman–Crippen LogP) is 0.400. The fourth-order valence-electron chi connectivity index (χ4n) is 0.476. The van der Waals surface area contributed by atoms with Gasteiger partial charge in [-0.2, -0.15) is 0 Å². The number of hydrogen-bond acceptors (Lipinski definition) is 3. The zero-order valence-electron chi connectivity index (χ0n) is 6.25. The minimum absolute atomic E-state index is 0.00502. The molecule has 0 saturated heterocycles. The van der Waals surface area contributed by atoms with Gasteiger partial charge in [-0.25, -0.2) is 8.42 Å². The number of hydrogen-bond donors (Lipinski definition) is 0. The highest BCUT2D eigenvalue weighted by molar-refractivity contribution is 7.90. The Morgan fingerprint density at radius 1 is 1.40 bits per heavy atom. The monoisotopic (exact) mass is 164 g/mol. The van der Waals surface area contributed by atoms with Crippen LogP contribution < -0.4 is 0 Å². The topological polar surface area (TPSA) is 51.2 Å². The van der Waals surface area contributed by atoms with E-state index in [4.69, 9.17) is 0 Å². The third-order valence-corrected chi connectivity index (χ3v) is 2.09. The van der Waals surface area contributed by atoms with Crippen LogP contribution >= 0.6 is 0 Å². The maximum Gasteiger partial charge on any atom is 0.147 e. The van der Waals surface area contributed by atoms with Crippen molar-refractivity contribution in [3.63, 3.8) is 0 Å². The van der Waals surface area contributed by atoms with Crippen molar-refractivity contribution in [2.45, 2.75) is 19.8 Å². The summed E-state index contributed by atoms with van der Waals surface area (Å²) in [7, 11) is -2.95. The number of sulfone groups is 1. The van der Waals surface area contributed by atoms with Gasteiger partial charge in [0.25, 0.3) is 0 Å². The molecule has 3 nitrogen and oxygen atoms in total. The molecule has 10 heavy (non-hydrogen) atoms. The van der Waals surface area contributed by atoms with Gasteiger partial charge in [0.15, 0.2) is 0 Å². The summed E-state index contributed by atoms with van der Waals surface area (Å²) in [5.74, 6) is -0.00919. The Labute approximate surface area is 61.4 Å². The van der Waals surface area contributed by atoms with E-state index in [9.17, 15) is 13.2 Å². The number of ketones is 1. The van der Waals surface area contributed by atoms with Crippen molar-refractivity contribution in [3.8, 4) is 0 Å². The van der Waals surface area contributed by atoms with E-state index in [0.717, 1.165) is 6.26 Å². The summed E-state index contributed by atoms with van der Waals surface area (Å²) in [6, 6.07) is 0. The molecule has 60 valence electrons. The fraction of sp³-hybridized carbons (Fsp3) is 0.833. The van der Waals surface area contributed by atoms with Crippen LogP contribution in [0.25, 0.3) is 0 Å². The summed E-state index contributed by atoms with van der Waals surface area (Å²) in [6.45, 7) is 1.73. The first-order valence-corrected chi connectivity index (χ1v) is 5.21. The van der Waals surface area contributed by atoms with E-state index in [0.29, 0.717) is 6.42 Å². The van der Waals surface area contributed by atoms with Crippen LogP contribution in [-0.4, -0.2) is 26.2 Å². The fourth-order valence-corrected chi connectivity index (χ4v) is 1.07. The number of rotatable bonds is 4. The molecular formula is C6H12O3S. The second-order valence-corrected chi connectivity index (χ2v) is 4.53. The van der Waals surface area contributed by atoms with Gasteiger partial charge in [0, 0.05) is 19.1 Å². The molecule has 0 atom stereocenters. The number of carbonyl (C=O) groups excluding carboxylic acids is 1. The maximum atomic E-state index is 10.6. The molecule has 0 aliphatic rings. The first-order valence-electron chi connectivity index (χ1n) is 3.15. The average molecular weight is 164 g/mol.